The molecule has 0 spiro atoms. The van der Waals surface area contributed by atoms with Gasteiger partial charge in [0.2, 0.25) is 0 Å². The Balaban J connectivity index is 2.17. The molecule has 0 heterocycles. The van der Waals surface area contributed by atoms with Crippen LogP contribution in [0.3, 0.4) is 0 Å². The van der Waals surface area contributed by atoms with E-state index in [4.69, 9.17) is 12.2 Å². The number of nitrogens with one attached hydrogen (secondary N) is 3. The van der Waals surface area contributed by atoms with Gasteiger partial charge in [-0.3, -0.25) is 4.72 Å². The van der Waals surface area contributed by atoms with Crippen LogP contribution in [0.2, 0.25) is 0 Å². The fourth-order valence-electron chi connectivity index (χ4n) is 1.67. The maximum absolute atomic E-state index is 13.2. The largest absolute Gasteiger partial charge is 0.366 e. The molecule has 23 heavy (non-hydrogen) atoms. The summed E-state index contributed by atoms with van der Waals surface area (Å²) in [5, 5.41) is 6.04. The molecule has 0 saturated heterocycles. The number of benzene rings is 2. The zero-order valence-electron chi connectivity index (χ0n) is 11.9. The van der Waals surface area contributed by atoms with Crippen molar-refractivity contribution in [1.29, 1.82) is 0 Å². The van der Waals surface area contributed by atoms with Crippen LogP contribution >= 0.6 is 12.2 Å². The molecule has 3 N–H and O–H groups in total. The molecule has 0 bridgehead atoms. The summed E-state index contributed by atoms with van der Waals surface area (Å²) in [6.45, 7) is 0. The molecule has 0 fully saturated rings. The highest BCUT2D eigenvalue weighted by molar-refractivity contribution is 7.92. The Morgan fingerprint density at radius 2 is 1.61 bits per heavy atom. The Labute approximate surface area is 137 Å². The van der Waals surface area contributed by atoms with E-state index in [1.54, 1.807) is 19.2 Å². The minimum Gasteiger partial charge on any atom is -0.366 e. The quantitative estimate of drug-likeness (QED) is 0.734. The van der Waals surface area contributed by atoms with Crippen molar-refractivity contribution in [2.24, 2.45) is 0 Å². The average Bonchev–Trinajstić information content (AvgIpc) is 2.51. The van der Waals surface area contributed by atoms with Gasteiger partial charge in [-0.2, -0.15) is 0 Å². The van der Waals surface area contributed by atoms with Crippen molar-refractivity contribution in [3.8, 4) is 0 Å². The maximum Gasteiger partial charge on any atom is 0.261 e. The highest BCUT2D eigenvalue weighted by Gasteiger charge is 2.16. The Morgan fingerprint density at radius 3 is 2.17 bits per heavy atom. The summed E-state index contributed by atoms with van der Waals surface area (Å²) in [5.74, 6) is -2.34. The average molecular weight is 357 g/mol. The standard InChI is InChI=1S/C14H13F2N3O2S2/c1-17-14(22)18-9-2-4-10(5-3-9)19-23(20,21)11-6-7-12(15)13(16)8-11/h2-8,19H,1H3,(H2,17,18,22). The smallest absolute Gasteiger partial charge is 0.261 e. The summed E-state index contributed by atoms with van der Waals surface area (Å²) in [5.41, 5.74) is 0.941. The number of halogens is 2. The first-order chi connectivity index (χ1) is 10.8. The lowest BCUT2D eigenvalue weighted by Crippen LogP contribution is -2.24. The van der Waals surface area contributed by atoms with E-state index < -0.39 is 21.7 Å². The van der Waals surface area contributed by atoms with Crippen LogP contribution in [-0.4, -0.2) is 20.6 Å². The van der Waals surface area contributed by atoms with E-state index in [2.05, 4.69) is 15.4 Å². The van der Waals surface area contributed by atoms with Gasteiger partial charge in [-0.15, -0.1) is 0 Å². The monoisotopic (exact) mass is 357 g/mol. The van der Waals surface area contributed by atoms with Crippen molar-refractivity contribution in [1.82, 2.24) is 5.32 Å². The Kier molecular flexibility index (Phi) is 5.12. The van der Waals surface area contributed by atoms with E-state index >= 15 is 0 Å². The molecule has 0 aliphatic rings. The van der Waals surface area contributed by atoms with Gasteiger partial charge in [-0.05, 0) is 54.7 Å². The van der Waals surface area contributed by atoms with Crippen LogP contribution in [-0.2, 0) is 10.0 Å². The van der Waals surface area contributed by atoms with E-state index in [0.29, 0.717) is 16.9 Å². The van der Waals surface area contributed by atoms with Gasteiger partial charge in [0.05, 0.1) is 4.90 Å². The van der Waals surface area contributed by atoms with Crippen molar-refractivity contribution >= 4 is 38.7 Å². The van der Waals surface area contributed by atoms with Crippen LogP contribution in [0.4, 0.5) is 20.2 Å². The molecule has 0 radical (unpaired) electrons. The Hall–Kier alpha value is -2.26. The van der Waals surface area contributed by atoms with E-state index in [0.717, 1.165) is 12.1 Å². The first-order valence-electron chi connectivity index (χ1n) is 6.38. The van der Waals surface area contributed by atoms with Gasteiger partial charge in [-0.25, -0.2) is 17.2 Å². The maximum atomic E-state index is 13.2. The zero-order chi connectivity index (χ0) is 17.0. The van der Waals surface area contributed by atoms with Gasteiger partial charge in [0.1, 0.15) is 0 Å². The fraction of sp³-hybridized carbons (Fsp3) is 0.0714. The summed E-state index contributed by atoms with van der Waals surface area (Å²) in [6.07, 6.45) is 0. The summed E-state index contributed by atoms with van der Waals surface area (Å²) in [4.78, 5) is -0.366. The lowest BCUT2D eigenvalue weighted by Gasteiger charge is -2.10. The van der Waals surface area contributed by atoms with Crippen molar-refractivity contribution in [2.75, 3.05) is 17.1 Å². The molecule has 9 heteroatoms. The van der Waals surface area contributed by atoms with Crippen LogP contribution in [0.5, 0.6) is 0 Å². The van der Waals surface area contributed by atoms with Gasteiger partial charge < -0.3 is 10.6 Å². The lowest BCUT2D eigenvalue weighted by molar-refractivity contribution is 0.504. The van der Waals surface area contributed by atoms with Crippen molar-refractivity contribution in [3.63, 3.8) is 0 Å². The molecule has 2 aromatic rings. The molecule has 0 saturated carbocycles. The number of rotatable bonds is 4. The molecular formula is C14H13F2N3O2S2. The molecule has 0 aliphatic carbocycles. The molecule has 0 unspecified atom stereocenters. The van der Waals surface area contributed by atoms with Gasteiger partial charge in [0.25, 0.3) is 10.0 Å². The van der Waals surface area contributed by atoms with E-state index in [1.807, 2.05) is 0 Å². The molecule has 0 aromatic heterocycles. The summed E-state index contributed by atoms with van der Waals surface area (Å²) in [6, 6.07) is 8.63. The second-order valence-corrected chi connectivity index (χ2v) is 6.55. The third-order valence-electron chi connectivity index (χ3n) is 2.82. The zero-order valence-corrected chi connectivity index (χ0v) is 13.6. The summed E-state index contributed by atoms with van der Waals surface area (Å²) < 4.78 is 52.6. The van der Waals surface area contributed by atoms with Crippen molar-refractivity contribution in [2.45, 2.75) is 4.90 Å². The SMILES string of the molecule is CNC(=S)Nc1ccc(NS(=O)(=O)c2ccc(F)c(F)c2)cc1. The molecule has 2 rings (SSSR count). The number of hydrogen-bond acceptors (Lipinski definition) is 3. The van der Waals surface area contributed by atoms with Crippen molar-refractivity contribution < 1.29 is 17.2 Å². The summed E-state index contributed by atoms with van der Waals surface area (Å²) in [7, 11) is -2.34. The van der Waals surface area contributed by atoms with Gasteiger partial charge >= 0.3 is 0 Å². The Bertz CT molecular complexity index is 824. The van der Waals surface area contributed by atoms with Crippen LogP contribution in [0, 0.1) is 11.6 Å². The highest BCUT2D eigenvalue weighted by Crippen LogP contribution is 2.19. The predicted molar refractivity (Wildman–Crippen MR) is 88.9 cm³/mol. The third kappa shape index (κ3) is 4.36. The van der Waals surface area contributed by atoms with E-state index in [9.17, 15) is 17.2 Å². The van der Waals surface area contributed by atoms with Gasteiger partial charge in [0, 0.05) is 18.4 Å². The number of hydrogen-bond donors (Lipinski definition) is 3. The Morgan fingerprint density at radius 1 is 1.00 bits per heavy atom. The first kappa shape index (κ1) is 17.1. The normalized spacial score (nSPS) is 10.9. The molecule has 2 aromatic carbocycles. The van der Waals surface area contributed by atoms with Crippen LogP contribution in [0.15, 0.2) is 47.4 Å². The molecule has 0 aliphatic heterocycles. The summed E-state index contributed by atoms with van der Waals surface area (Å²) >= 11 is 4.94. The first-order valence-corrected chi connectivity index (χ1v) is 8.27. The number of anilines is 2. The molecule has 122 valence electrons. The minimum atomic E-state index is -4.01. The second kappa shape index (κ2) is 6.88. The van der Waals surface area contributed by atoms with E-state index in [-0.39, 0.29) is 10.6 Å². The second-order valence-electron chi connectivity index (χ2n) is 4.46. The van der Waals surface area contributed by atoms with Gasteiger partial charge in [0.15, 0.2) is 16.7 Å². The van der Waals surface area contributed by atoms with Crippen LogP contribution < -0.4 is 15.4 Å². The molecule has 0 amide bonds. The van der Waals surface area contributed by atoms with Gasteiger partial charge in [-0.1, -0.05) is 0 Å². The number of sulfonamides is 1. The lowest BCUT2D eigenvalue weighted by atomic mass is 10.3. The predicted octanol–water partition coefficient (Wildman–Crippen LogP) is 2.68. The molecule has 5 nitrogen and oxygen atoms in total. The fourth-order valence-corrected chi connectivity index (χ4v) is 2.86. The topological polar surface area (TPSA) is 70.2 Å². The molecular weight excluding hydrogens is 344 g/mol. The van der Waals surface area contributed by atoms with Crippen LogP contribution in [0.1, 0.15) is 0 Å². The number of thiocarbonyl (C=S) groups is 1. The highest BCUT2D eigenvalue weighted by atomic mass is 32.2. The molecule has 0 atom stereocenters. The minimum absolute atomic E-state index is 0.274. The van der Waals surface area contributed by atoms with E-state index in [1.165, 1.54) is 12.1 Å². The van der Waals surface area contributed by atoms with Crippen LogP contribution in [0.25, 0.3) is 0 Å². The van der Waals surface area contributed by atoms with Crippen molar-refractivity contribution in [3.05, 3.63) is 54.1 Å². The third-order valence-corrected chi connectivity index (χ3v) is 4.51.